The van der Waals surface area contributed by atoms with Crippen LogP contribution in [-0.2, 0) is 4.74 Å². The third-order valence-corrected chi connectivity index (χ3v) is 2.81. The highest BCUT2D eigenvalue weighted by molar-refractivity contribution is 5.31. The smallest absolute Gasteiger partial charge is 0.145 e. The Morgan fingerprint density at radius 2 is 2.00 bits per heavy atom. The molecule has 2 heteroatoms. The lowest BCUT2D eigenvalue weighted by atomic mass is 10.1. The minimum atomic E-state index is -0.722. The number of rotatable bonds is 7. The number of aliphatic hydroxyl groups excluding tert-OH is 1. The zero-order valence-electron chi connectivity index (χ0n) is 11.6. The number of hydrogen-bond donors (Lipinski definition) is 1. The van der Waals surface area contributed by atoms with Gasteiger partial charge < -0.3 is 9.84 Å². The van der Waals surface area contributed by atoms with Crippen LogP contribution < -0.4 is 0 Å². The van der Waals surface area contributed by atoms with Crippen molar-refractivity contribution in [2.75, 3.05) is 0 Å². The highest BCUT2D eigenvalue weighted by Crippen LogP contribution is 2.18. The van der Waals surface area contributed by atoms with Crippen molar-refractivity contribution in [1.82, 2.24) is 0 Å². The predicted molar refractivity (Wildman–Crippen MR) is 78.3 cm³/mol. The molecule has 0 aliphatic carbocycles. The van der Waals surface area contributed by atoms with Crippen LogP contribution in [0.25, 0.3) is 0 Å². The van der Waals surface area contributed by atoms with Gasteiger partial charge in [0.05, 0.1) is 6.10 Å². The molecule has 1 heterocycles. The summed E-state index contributed by atoms with van der Waals surface area (Å²) in [4.78, 5) is 0. The van der Waals surface area contributed by atoms with Crippen molar-refractivity contribution in [1.29, 1.82) is 0 Å². The quantitative estimate of drug-likeness (QED) is 0.330. The third kappa shape index (κ3) is 8.27. The molecule has 1 rings (SSSR count). The largest absolute Gasteiger partial charge is 0.377 e. The first kappa shape index (κ1) is 15.6. The summed E-state index contributed by atoms with van der Waals surface area (Å²) in [5.41, 5.74) is 0. The van der Waals surface area contributed by atoms with Gasteiger partial charge >= 0.3 is 0 Å². The van der Waals surface area contributed by atoms with E-state index in [1.807, 2.05) is 19.1 Å². The molecule has 1 saturated heterocycles. The third-order valence-electron chi connectivity index (χ3n) is 2.81. The molecule has 0 amide bonds. The number of aliphatic hydroxyl groups is 1. The van der Waals surface area contributed by atoms with Crippen LogP contribution >= 0.6 is 0 Å². The van der Waals surface area contributed by atoms with Crippen LogP contribution in [0, 0.1) is 23.7 Å². The fourth-order valence-electron chi connectivity index (χ4n) is 1.56. The highest BCUT2D eigenvalue weighted by atomic mass is 16.6. The monoisotopic (exact) mass is 258 g/mol. The van der Waals surface area contributed by atoms with E-state index in [0.717, 1.165) is 19.3 Å². The van der Waals surface area contributed by atoms with Crippen LogP contribution in [0.3, 0.4) is 0 Å². The molecule has 0 spiro atoms. The topological polar surface area (TPSA) is 32.8 Å². The van der Waals surface area contributed by atoms with E-state index in [0.29, 0.717) is 0 Å². The van der Waals surface area contributed by atoms with Crippen molar-refractivity contribution in [2.45, 2.75) is 57.3 Å². The van der Waals surface area contributed by atoms with Crippen molar-refractivity contribution in [3.63, 3.8) is 0 Å². The standard InChI is InChI=1S/C17H22O2/c1-3-4-5-6-7-8-9-12-16(18)13-10-11-14-17-15(2)19-17/h3,9,12,15-18H,1,4-8H2,2H3/b12-9-/t15-,16?,17-/m1/s1. The molecule has 1 aliphatic heterocycles. The normalized spacial score (nSPS) is 22.0. The lowest BCUT2D eigenvalue weighted by Gasteiger charge is -1.95. The number of allylic oxidation sites excluding steroid dienone is 2. The lowest BCUT2D eigenvalue weighted by molar-refractivity contribution is 0.280. The molecular weight excluding hydrogens is 236 g/mol. The maximum Gasteiger partial charge on any atom is 0.145 e. The molecule has 1 aliphatic rings. The zero-order valence-corrected chi connectivity index (χ0v) is 11.6. The van der Waals surface area contributed by atoms with Gasteiger partial charge in [-0.1, -0.05) is 30.4 Å². The van der Waals surface area contributed by atoms with E-state index < -0.39 is 6.10 Å². The van der Waals surface area contributed by atoms with Gasteiger partial charge in [-0.3, -0.25) is 0 Å². The van der Waals surface area contributed by atoms with Crippen LogP contribution in [0.4, 0.5) is 0 Å². The van der Waals surface area contributed by atoms with Gasteiger partial charge in [0.2, 0.25) is 0 Å². The lowest BCUT2D eigenvalue weighted by Crippen LogP contribution is -1.96. The molecule has 3 atom stereocenters. The second kappa shape index (κ2) is 9.45. The fourth-order valence-corrected chi connectivity index (χ4v) is 1.56. The molecular formula is C17H22O2. The molecule has 0 radical (unpaired) electrons. The number of ether oxygens (including phenoxy) is 1. The Bertz CT molecular complexity index is 414. The maximum absolute atomic E-state index is 9.55. The molecule has 0 bridgehead atoms. The predicted octanol–water partition coefficient (Wildman–Crippen LogP) is 2.83. The second-order valence-electron chi connectivity index (χ2n) is 4.60. The van der Waals surface area contributed by atoms with E-state index in [2.05, 4.69) is 30.3 Å². The van der Waals surface area contributed by atoms with Gasteiger partial charge in [-0.2, -0.15) is 0 Å². The molecule has 2 nitrogen and oxygen atoms in total. The van der Waals surface area contributed by atoms with Gasteiger partial charge in [-0.15, -0.1) is 6.58 Å². The van der Waals surface area contributed by atoms with E-state index in [1.165, 1.54) is 12.8 Å². The average Bonchev–Trinajstić information content (AvgIpc) is 3.09. The first-order valence-electron chi connectivity index (χ1n) is 6.86. The fraction of sp³-hybridized carbons (Fsp3) is 0.529. The summed E-state index contributed by atoms with van der Waals surface area (Å²) in [5, 5.41) is 9.55. The van der Waals surface area contributed by atoms with Gasteiger partial charge in [0.25, 0.3) is 0 Å². The molecule has 1 unspecified atom stereocenters. The van der Waals surface area contributed by atoms with E-state index >= 15 is 0 Å². The van der Waals surface area contributed by atoms with Crippen LogP contribution in [0.15, 0.2) is 24.8 Å². The molecule has 0 saturated carbocycles. The van der Waals surface area contributed by atoms with Crippen molar-refractivity contribution in [3.05, 3.63) is 24.8 Å². The van der Waals surface area contributed by atoms with Crippen LogP contribution in [0.5, 0.6) is 0 Å². The zero-order chi connectivity index (χ0) is 13.9. The summed E-state index contributed by atoms with van der Waals surface area (Å²) in [7, 11) is 0. The number of hydrogen-bond acceptors (Lipinski definition) is 2. The van der Waals surface area contributed by atoms with Crippen molar-refractivity contribution < 1.29 is 9.84 Å². The average molecular weight is 258 g/mol. The van der Waals surface area contributed by atoms with Gasteiger partial charge in [0.15, 0.2) is 0 Å². The first-order valence-corrected chi connectivity index (χ1v) is 6.86. The Hall–Kier alpha value is -1.48. The van der Waals surface area contributed by atoms with Gasteiger partial charge in [-0.25, -0.2) is 0 Å². The Labute approximate surface area is 116 Å². The van der Waals surface area contributed by atoms with Crippen LogP contribution in [0.2, 0.25) is 0 Å². The summed E-state index contributed by atoms with van der Waals surface area (Å²) in [6.45, 7) is 5.66. The molecule has 1 N–H and O–H groups in total. The molecule has 19 heavy (non-hydrogen) atoms. The van der Waals surface area contributed by atoms with Gasteiger partial charge in [0.1, 0.15) is 12.2 Å². The number of epoxide rings is 1. The van der Waals surface area contributed by atoms with Crippen LogP contribution in [0.1, 0.15) is 39.0 Å². The second-order valence-corrected chi connectivity index (χ2v) is 4.60. The highest BCUT2D eigenvalue weighted by Gasteiger charge is 2.31. The van der Waals surface area contributed by atoms with Gasteiger partial charge in [0, 0.05) is 0 Å². The molecule has 102 valence electrons. The Morgan fingerprint density at radius 1 is 1.26 bits per heavy atom. The van der Waals surface area contributed by atoms with E-state index in [1.54, 1.807) is 6.08 Å². The van der Waals surface area contributed by atoms with Gasteiger partial charge in [-0.05, 0) is 50.5 Å². The summed E-state index contributed by atoms with van der Waals surface area (Å²) in [5.74, 6) is 10.9. The number of unbranched alkanes of at least 4 members (excludes halogenated alkanes) is 4. The Morgan fingerprint density at radius 3 is 2.68 bits per heavy atom. The SMILES string of the molecule is C=CCCCCC/C=C\C(O)C#CC#C[C@H]1O[C@@H]1C. The van der Waals surface area contributed by atoms with E-state index in [-0.39, 0.29) is 12.2 Å². The molecule has 0 aromatic rings. The van der Waals surface area contributed by atoms with E-state index in [4.69, 9.17) is 4.74 Å². The summed E-state index contributed by atoms with van der Waals surface area (Å²) in [6, 6.07) is 0. The van der Waals surface area contributed by atoms with Crippen molar-refractivity contribution in [2.24, 2.45) is 0 Å². The van der Waals surface area contributed by atoms with Crippen molar-refractivity contribution in [3.8, 4) is 23.7 Å². The van der Waals surface area contributed by atoms with Crippen molar-refractivity contribution >= 4 is 0 Å². The summed E-state index contributed by atoms with van der Waals surface area (Å²) < 4.78 is 5.12. The summed E-state index contributed by atoms with van der Waals surface area (Å²) in [6.07, 6.45) is 10.8. The minimum absolute atomic E-state index is 0.0394. The first-order chi connectivity index (χ1) is 9.24. The maximum atomic E-state index is 9.55. The summed E-state index contributed by atoms with van der Waals surface area (Å²) >= 11 is 0. The Balaban J connectivity index is 2.08. The minimum Gasteiger partial charge on any atom is -0.377 e. The van der Waals surface area contributed by atoms with Crippen LogP contribution in [-0.4, -0.2) is 23.4 Å². The molecule has 0 aromatic heterocycles. The van der Waals surface area contributed by atoms with E-state index in [9.17, 15) is 5.11 Å². The molecule has 1 fully saturated rings. The molecule has 0 aromatic carbocycles. The Kier molecular flexibility index (Phi) is 7.75.